The largest absolute Gasteiger partial charge is 0.300 e. The van der Waals surface area contributed by atoms with Gasteiger partial charge >= 0.3 is 0 Å². The molecule has 0 aliphatic carbocycles. The molecule has 0 spiro atoms. The zero-order valence-electron chi connectivity index (χ0n) is 17.2. The van der Waals surface area contributed by atoms with Crippen molar-refractivity contribution >= 4 is 34.6 Å². The molecule has 4 rings (SSSR count). The Morgan fingerprint density at radius 1 is 1.30 bits per heavy atom. The van der Waals surface area contributed by atoms with Crippen molar-refractivity contribution in [3.05, 3.63) is 45.7 Å². The molecule has 158 valence electrons. The van der Waals surface area contributed by atoms with Crippen LogP contribution in [0.1, 0.15) is 31.0 Å². The summed E-state index contributed by atoms with van der Waals surface area (Å²) >= 11 is 6.79. The summed E-state index contributed by atoms with van der Waals surface area (Å²) in [5, 5.41) is 12.6. The number of benzene rings is 1. The Labute approximate surface area is 185 Å². The van der Waals surface area contributed by atoms with Crippen molar-refractivity contribution in [3.63, 3.8) is 0 Å². The first-order chi connectivity index (χ1) is 14.5. The highest BCUT2D eigenvalue weighted by atomic mass is 32.1. The molecule has 3 heterocycles. The van der Waals surface area contributed by atoms with Gasteiger partial charge in [0.05, 0.1) is 5.69 Å². The summed E-state index contributed by atoms with van der Waals surface area (Å²) in [6.45, 7) is 7.48. The Hall–Kier alpha value is -2.36. The monoisotopic (exact) mass is 442 g/mol. The van der Waals surface area contributed by atoms with Crippen LogP contribution < -0.4 is 5.32 Å². The van der Waals surface area contributed by atoms with Gasteiger partial charge in [0.1, 0.15) is 6.54 Å². The molecule has 1 aromatic carbocycles. The first-order valence-corrected chi connectivity index (χ1v) is 11.5. The van der Waals surface area contributed by atoms with Crippen LogP contribution in [0.5, 0.6) is 0 Å². The second-order valence-electron chi connectivity index (χ2n) is 7.96. The first-order valence-electron chi connectivity index (χ1n) is 10.2. The molecule has 0 unspecified atom stereocenters. The number of aromatic amines is 1. The van der Waals surface area contributed by atoms with Crippen LogP contribution in [0, 0.1) is 17.6 Å². The van der Waals surface area contributed by atoms with Gasteiger partial charge in [0.2, 0.25) is 5.91 Å². The van der Waals surface area contributed by atoms with Crippen molar-refractivity contribution in [3.8, 4) is 11.4 Å². The third-order valence-corrected chi connectivity index (χ3v) is 6.55. The second kappa shape index (κ2) is 9.20. The maximum Gasteiger partial charge on any atom is 0.246 e. The summed E-state index contributed by atoms with van der Waals surface area (Å²) in [7, 11) is 0. The maximum atomic E-state index is 12.6. The molecule has 1 aliphatic heterocycles. The number of aromatic nitrogens is 4. The van der Waals surface area contributed by atoms with E-state index in [4.69, 9.17) is 12.2 Å². The van der Waals surface area contributed by atoms with Crippen LogP contribution >= 0.6 is 23.6 Å². The average Bonchev–Trinajstić information content (AvgIpc) is 3.31. The van der Waals surface area contributed by atoms with Crippen LogP contribution in [0.4, 0.5) is 5.13 Å². The number of carbonyl (C=O) groups excluding carboxylic acids is 1. The van der Waals surface area contributed by atoms with Crippen molar-refractivity contribution in [2.45, 2.75) is 39.8 Å². The molecule has 7 nitrogen and oxygen atoms in total. The normalized spacial score (nSPS) is 15.4. The minimum absolute atomic E-state index is 0.0808. The van der Waals surface area contributed by atoms with Crippen LogP contribution in [0.3, 0.4) is 0 Å². The molecule has 1 aliphatic rings. The summed E-state index contributed by atoms with van der Waals surface area (Å²) < 4.78 is 2.12. The molecule has 3 aromatic rings. The number of rotatable bonds is 6. The Morgan fingerprint density at radius 2 is 2.03 bits per heavy atom. The van der Waals surface area contributed by atoms with Gasteiger partial charge in [0.15, 0.2) is 15.7 Å². The second-order valence-corrected chi connectivity index (χ2v) is 9.20. The molecular weight excluding hydrogens is 416 g/mol. The van der Waals surface area contributed by atoms with Gasteiger partial charge in [-0.05, 0) is 51.0 Å². The minimum Gasteiger partial charge on any atom is -0.300 e. The number of aryl methyl sites for hydroxylation is 1. The fraction of sp³-hybridized carbons (Fsp3) is 0.429. The number of hydrogen-bond acceptors (Lipinski definition) is 6. The topological polar surface area (TPSA) is 78.8 Å². The molecular formula is C21H26N6OS2. The predicted octanol–water partition coefficient (Wildman–Crippen LogP) is 4.24. The van der Waals surface area contributed by atoms with Crippen molar-refractivity contribution in [2.75, 3.05) is 18.4 Å². The van der Waals surface area contributed by atoms with Gasteiger partial charge in [-0.3, -0.25) is 19.4 Å². The Kier molecular flexibility index (Phi) is 6.40. The van der Waals surface area contributed by atoms with Crippen LogP contribution in [-0.2, 0) is 17.9 Å². The molecule has 0 saturated carbocycles. The van der Waals surface area contributed by atoms with Gasteiger partial charge in [-0.15, -0.1) is 11.3 Å². The van der Waals surface area contributed by atoms with Gasteiger partial charge in [-0.25, -0.2) is 4.98 Å². The van der Waals surface area contributed by atoms with E-state index in [2.05, 4.69) is 32.3 Å². The van der Waals surface area contributed by atoms with Crippen molar-refractivity contribution in [1.29, 1.82) is 0 Å². The number of piperidine rings is 1. The Balaban J connectivity index is 1.39. The summed E-state index contributed by atoms with van der Waals surface area (Å²) in [5.41, 5.74) is 3.08. The fourth-order valence-corrected chi connectivity index (χ4v) is 4.49. The average molecular weight is 443 g/mol. The number of nitrogens with zero attached hydrogens (tertiary/aromatic N) is 4. The van der Waals surface area contributed by atoms with E-state index < -0.39 is 0 Å². The van der Waals surface area contributed by atoms with Crippen LogP contribution in [0.15, 0.2) is 29.6 Å². The maximum absolute atomic E-state index is 12.6. The summed E-state index contributed by atoms with van der Waals surface area (Å²) in [6, 6.07) is 7.97. The van der Waals surface area contributed by atoms with Crippen LogP contribution in [0.25, 0.3) is 11.4 Å². The number of amides is 1. The van der Waals surface area contributed by atoms with E-state index in [9.17, 15) is 4.79 Å². The fourth-order valence-electron chi connectivity index (χ4n) is 3.58. The van der Waals surface area contributed by atoms with Gasteiger partial charge in [0.25, 0.3) is 0 Å². The summed E-state index contributed by atoms with van der Waals surface area (Å²) in [6.07, 6.45) is 2.48. The molecule has 1 saturated heterocycles. The standard InChI is InChI=1S/C21H26N6OS2/c1-14-3-5-16(6-4-14)19-24-25-21(29)27(19)12-18(28)23-20-22-17(13-30-20)11-26-9-7-15(2)8-10-26/h3-6,13,15H,7-12H2,1-2H3,(H,25,29)(H,22,23,28). The van der Waals surface area contributed by atoms with Crippen molar-refractivity contribution in [2.24, 2.45) is 5.92 Å². The van der Waals surface area contributed by atoms with Crippen LogP contribution in [0.2, 0.25) is 0 Å². The van der Waals surface area contributed by atoms with E-state index in [0.717, 1.165) is 42.4 Å². The lowest BCUT2D eigenvalue weighted by atomic mass is 9.99. The summed E-state index contributed by atoms with van der Waals surface area (Å²) in [5.74, 6) is 1.29. The molecule has 1 amide bonds. The quantitative estimate of drug-likeness (QED) is 0.558. The molecule has 2 N–H and O–H groups in total. The van der Waals surface area contributed by atoms with Gasteiger partial charge < -0.3 is 5.32 Å². The van der Waals surface area contributed by atoms with E-state index in [0.29, 0.717) is 15.7 Å². The lowest BCUT2D eigenvalue weighted by molar-refractivity contribution is -0.116. The van der Waals surface area contributed by atoms with Crippen molar-refractivity contribution in [1.82, 2.24) is 24.6 Å². The van der Waals surface area contributed by atoms with E-state index in [-0.39, 0.29) is 12.5 Å². The minimum atomic E-state index is -0.173. The molecule has 0 atom stereocenters. The van der Waals surface area contributed by atoms with Gasteiger partial charge in [0, 0.05) is 17.5 Å². The molecule has 2 aromatic heterocycles. The molecule has 0 radical (unpaired) electrons. The number of likely N-dealkylation sites (tertiary alicyclic amines) is 1. The molecule has 1 fully saturated rings. The zero-order chi connectivity index (χ0) is 21.1. The number of thiazole rings is 1. The SMILES string of the molecule is Cc1ccc(-c2n[nH]c(=S)n2CC(=O)Nc2nc(CN3CCC(C)CC3)cs2)cc1. The van der Waals surface area contributed by atoms with Crippen molar-refractivity contribution < 1.29 is 4.79 Å². The zero-order valence-corrected chi connectivity index (χ0v) is 18.9. The highest BCUT2D eigenvalue weighted by Gasteiger charge is 2.18. The number of nitrogens with one attached hydrogen (secondary N) is 2. The van der Waals surface area contributed by atoms with E-state index in [1.807, 2.05) is 36.6 Å². The van der Waals surface area contributed by atoms with Gasteiger partial charge in [-0.1, -0.05) is 36.8 Å². The highest BCUT2D eigenvalue weighted by molar-refractivity contribution is 7.71. The molecule has 9 heteroatoms. The molecule has 0 bridgehead atoms. The third-order valence-electron chi connectivity index (χ3n) is 5.43. The van der Waals surface area contributed by atoms with E-state index >= 15 is 0 Å². The number of H-pyrrole nitrogens is 1. The highest BCUT2D eigenvalue weighted by Crippen LogP contribution is 2.22. The Morgan fingerprint density at radius 3 is 2.77 bits per heavy atom. The van der Waals surface area contributed by atoms with Gasteiger partial charge in [-0.2, -0.15) is 5.10 Å². The third kappa shape index (κ3) is 5.03. The number of anilines is 1. The Bertz CT molecular complexity index is 1060. The number of hydrogen-bond donors (Lipinski definition) is 2. The molecule has 30 heavy (non-hydrogen) atoms. The smallest absolute Gasteiger partial charge is 0.246 e. The van der Waals surface area contributed by atoms with E-state index in [1.165, 1.54) is 24.2 Å². The predicted molar refractivity (Wildman–Crippen MR) is 122 cm³/mol. The first kappa shape index (κ1) is 20.9. The lowest BCUT2D eigenvalue weighted by Crippen LogP contribution is -2.32. The van der Waals surface area contributed by atoms with Crippen LogP contribution in [-0.4, -0.2) is 43.6 Å². The lowest BCUT2D eigenvalue weighted by Gasteiger charge is -2.29. The number of carbonyl (C=O) groups is 1. The summed E-state index contributed by atoms with van der Waals surface area (Å²) in [4.78, 5) is 19.7. The van der Waals surface area contributed by atoms with E-state index in [1.54, 1.807) is 4.57 Å².